The molecule has 0 bridgehead atoms. The molecule has 0 N–H and O–H groups in total. The molecule has 1 heterocycles. The molecule has 1 atom stereocenters. The number of pyridine rings is 1. The third-order valence-corrected chi connectivity index (χ3v) is 3.06. The lowest BCUT2D eigenvalue weighted by Gasteiger charge is -2.10. The van der Waals surface area contributed by atoms with E-state index in [0.29, 0.717) is 0 Å². The quantitative estimate of drug-likeness (QED) is 0.622. The molecule has 0 aliphatic heterocycles. The van der Waals surface area contributed by atoms with Crippen molar-refractivity contribution < 1.29 is 9.31 Å². The number of hydrogen-bond donors (Lipinski definition) is 0. The van der Waals surface area contributed by atoms with Gasteiger partial charge in [0.2, 0.25) is 0 Å². The Bertz CT molecular complexity index is 366. The van der Waals surface area contributed by atoms with Crippen molar-refractivity contribution in [2.75, 3.05) is 13.7 Å². The van der Waals surface area contributed by atoms with Crippen LogP contribution in [0, 0.1) is 0 Å². The molecule has 1 rings (SSSR count). The van der Waals surface area contributed by atoms with Crippen molar-refractivity contribution in [1.29, 1.82) is 0 Å². The number of ether oxygens (including phenoxy) is 1. The van der Waals surface area contributed by atoms with Crippen molar-refractivity contribution >= 4 is 22.6 Å². The first kappa shape index (κ1) is 12.2. The number of hydrogen-bond acceptors (Lipinski definition) is 2. The summed E-state index contributed by atoms with van der Waals surface area (Å²) in [5.74, 6) is 0.748. The number of nitrogens with zero attached hydrogens (tertiary/aromatic N) is 2. The summed E-state index contributed by atoms with van der Waals surface area (Å²) in [6, 6.07) is 2.18. The van der Waals surface area contributed by atoms with E-state index in [1.165, 1.54) is 0 Å². The van der Waals surface area contributed by atoms with Gasteiger partial charge in [0, 0.05) is 6.92 Å². The monoisotopic (exact) mass is 271 g/mol. The maximum atomic E-state index is 5.13. The second kappa shape index (κ2) is 5.26. The number of methoxy groups -OCH3 is 1. The van der Waals surface area contributed by atoms with E-state index in [4.69, 9.17) is 4.74 Å². The Morgan fingerprint density at radius 1 is 1.67 bits per heavy atom. The Hall–Kier alpha value is -0.900. The summed E-state index contributed by atoms with van der Waals surface area (Å²) in [6.07, 6.45) is 1.72. The molecule has 0 aromatic carbocycles. The standard InChI is InChI=1S/C11H16BrN2O/c1-5-14(3)8(2)10-6-9(12)11(15-4)7-13-10/h6-8H,3,5H2,1-2,4H3/q+1/t8-/m1/s1. The summed E-state index contributed by atoms with van der Waals surface area (Å²) in [7, 11) is 1.63. The Kier molecular flexibility index (Phi) is 4.27. The molecular weight excluding hydrogens is 256 g/mol. The highest BCUT2D eigenvalue weighted by Crippen LogP contribution is 2.26. The normalized spacial score (nSPS) is 12.3. The van der Waals surface area contributed by atoms with E-state index < -0.39 is 0 Å². The van der Waals surface area contributed by atoms with E-state index in [1.54, 1.807) is 13.3 Å². The van der Waals surface area contributed by atoms with Gasteiger partial charge in [-0.25, -0.2) is 4.58 Å². The van der Waals surface area contributed by atoms with Gasteiger partial charge in [0.1, 0.15) is 19.0 Å². The van der Waals surface area contributed by atoms with E-state index in [9.17, 15) is 0 Å². The number of aromatic nitrogens is 1. The van der Waals surface area contributed by atoms with E-state index in [1.807, 2.05) is 10.6 Å². The van der Waals surface area contributed by atoms with E-state index in [0.717, 1.165) is 22.5 Å². The van der Waals surface area contributed by atoms with Gasteiger partial charge in [-0.05, 0) is 28.9 Å². The second-order valence-corrected chi connectivity index (χ2v) is 4.18. The fourth-order valence-electron chi connectivity index (χ4n) is 1.27. The fraction of sp³-hybridized carbons (Fsp3) is 0.455. The summed E-state index contributed by atoms with van der Waals surface area (Å²) >= 11 is 3.44. The molecule has 0 aliphatic rings. The molecule has 0 radical (unpaired) electrons. The highest BCUT2D eigenvalue weighted by Gasteiger charge is 2.16. The van der Waals surface area contributed by atoms with Gasteiger partial charge in [-0.2, -0.15) is 0 Å². The SMILES string of the molecule is C=[N+](CC)[C@H](C)c1cc(Br)c(OC)cn1. The smallest absolute Gasteiger partial charge is 0.191 e. The van der Waals surface area contributed by atoms with Crippen molar-refractivity contribution in [1.82, 2.24) is 4.98 Å². The summed E-state index contributed by atoms with van der Waals surface area (Å²) in [6.45, 7) is 9.00. The van der Waals surface area contributed by atoms with Crippen LogP contribution in [-0.4, -0.2) is 29.9 Å². The van der Waals surface area contributed by atoms with Crippen LogP contribution in [0.1, 0.15) is 25.6 Å². The van der Waals surface area contributed by atoms with Crippen molar-refractivity contribution in [3.63, 3.8) is 0 Å². The first-order chi connectivity index (χ1) is 7.10. The van der Waals surface area contributed by atoms with Gasteiger partial charge >= 0.3 is 0 Å². The maximum Gasteiger partial charge on any atom is 0.191 e. The third kappa shape index (κ3) is 2.78. The summed E-state index contributed by atoms with van der Waals surface area (Å²) in [5, 5.41) is 0. The predicted molar refractivity (Wildman–Crippen MR) is 64.8 cm³/mol. The van der Waals surface area contributed by atoms with Crippen molar-refractivity contribution in [2.24, 2.45) is 0 Å². The number of rotatable bonds is 4. The largest absolute Gasteiger partial charge is 0.494 e. The lowest BCUT2D eigenvalue weighted by molar-refractivity contribution is -0.558. The predicted octanol–water partition coefficient (Wildman–Crippen LogP) is 2.65. The molecule has 0 unspecified atom stereocenters. The zero-order valence-corrected chi connectivity index (χ0v) is 10.9. The molecule has 0 saturated carbocycles. The van der Waals surface area contributed by atoms with Gasteiger partial charge < -0.3 is 4.74 Å². The molecule has 0 aliphatic carbocycles. The van der Waals surface area contributed by atoms with Gasteiger partial charge in [-0.1, -0.05) is 0 Å². The Balaban J connectivity index is 2.97. The maximum absolute atomic E-state index is 5.13. The molecule has 0 fully saturated rings. The lowest BCUT2D eigenvalue weighted by atomic mass is 10.2. The molecule has 1 aromatic rings. The molecule has 0 spiro atoms. The average Bonchev–Trinajstić information content (AvgIpc) is 2.26. The number of halogens is 1. The molecule has 15 heavy (non-hydrogen) atoms. The van der Waals surface area contributed by atoms with Crippen LogP contribution in [0.3, 0.4) is 0 Å². The first-order valence-corrected chi connectivity index (χ1v) is 5.66. The molecule has 0 amide bonds. The average molecular weight is 272 g/mol. The molecule has 0 saturated heterocycles. The van der Waals surface area contributed by atoms with Crippen LogP contribution in [0.25, 0.3) is 0 Å². The van der Waals surface area contributed by atoms with Crippen LogP contribution < -0.4 is 4.74 Å². The van der Waals surface area contributed by atoms with E-state index >= 15 is 0 Å². The first-order valence-electron chi connectivity index (χ1n) is 4.86. The molecule has 1 aromatic heterocycles. The molecular formula is C11H16BrN2O+. The zero-order valence-electron chi connectivity index (χ0n) is 9.33. The van der Waals surface area contributed by atoms with Crippen LogP contribution in [0.2, 0.25) is 0 Å². The molecule has 4 heteroatoms. The summed E-state index contributed by atoms with van der Waals surface area (Å²) < 4.78 is 8.04. The fourth-order valence-corrected chi connectivity index (χ4v) is 1.77. The van der Waals surface area contributed by atoms with Crippen molar-refractivity contribution in [3.05, 3.63) is 22.4 Å². The lowest BCUT2D eigenvalue weighted by Crippen LogP contribution is -2.15. The van der Waals surface area contributed by atoms with Crippen molar-refractivity contribution in [3.8, 4) is 5.75 Å². The minimum atomic E-state index is 0.206. The highest BCUT2D eigenvalue weighted by molar-refractivity contribution is 9.10. The van der Waals surface area contributed by atoms with Gasteiger partial charge in [0.15, 0.2) is 11.8 Å². The minimum absolute atomic E-state index is 0.206. The third-order valence-electron chi connectivity index (χ3n) is 2.44. The van der Waals surface area contributed by atoms with Crippen LogP contribution in [0.4, 0.5) is 0 Å². The summed E-state index contributed by atoms with van der Waals surface area (Å²) in [4.78, 5) is 4.34. The van der Waals surface area contributed by atoms with Crippen LogP contribution in [0.5, 0.6) is 5.75 Å². The minimum Gasteiger partial charge on any atom is -0.494 e. The van der Waals surface area contributed by atoms with Gasteiger partial charge in [-0.15, -0.1) is 0 Å². The van der Waals surface area contributed by atoms with Crippen molar-refractivity contribution in [2.45, 2.75) is 19.9 Å². The van der Waals surface area contributed by atoms with Crippen LogP contribution >= 0.6 is 15.9 Å². The molecule has 3 nitrogen and oxygen atoms in total. The zero-order chi connectivity index (χ0) is 11.4. The van der Waals surface area contributed by atoms with E-state index in [-0.39, 0.29) is 6.04 Å². The molecule has 82 valence electrons. The van der Waals surface area contributed by atoms with E-state index in [2.05, 4.69) is 41.5 Å². The summed E-state index contributed by atoms with van der Waals surface area (Å²) in [5.41, 5.74) is 0.986. The topological polar surface area (TPSA) is 25.1 Å². The Morgan fingerprint density at radius 3 is 2.80 bits per heavy atom. The van der Waals surface area contributed by atoms with Gasteiger partial charge in [0.25, 0.3) is 0 Å². The van der Waals surface area contributed by atoms with Crippen LogP contribution in [-0.2, 0) is 0 Å². The second-order valence-electron chi connectivity index (χ2n) is 3.32. The Labute approximate surface area is 98.9 Å². The van der Waals surface area contributed by atoms with Crippen LogP contribution in [0.15, 0.2) is 16.7 Å². The Morgan fingerprint density at radius 2 is 2.33 bits per heavy atom. The van der Waals surface area contributed by atoms with Gasteiger partial charge in [0.05, 0.1) is 17.8 Å². The van der Waals surface area contributed by atoms with Gasteiger partial charge in [-0.3, -0.25) is 4.98 Å². The highest BCUT2D eigenvalue weighted by atomic mass is 79.9.